The van der Waals surface area contributed by atoms with Crippen LogP contribution >= 0.6 is 11.6 Å². The SMILES string of the molecule is COc1cc(NS(=O)(=O)c2ccc(N3CCN(C(=O)[C@@H](C)N4CCCc5cc(Cl)ccc54)CC3)cc2)ncn1.[HH].[HH]. The standard InChI is InChI=1S/C27H31ClN6O4S.2H2/c1-19(34-11-3-4-20-16-21(28)5-10-24(20)34)27(35)33-14-12-32(13-15-33)22-6-8-23(9-7-22)39(36,37)31-25-17-26(38-2)30-18-29-25;;/h5-10,16-19H,3-4,11-15H2,1-2H3,(H,29,30,31);2*1H/t19-;;/m1../s1. The second-order valence-electron chi connectivity index (χ2n) is 9.60. The van der Waals surface area contributed by atoms with E-state index in [-0.39, 0.29) is 31.4 Å². The number of ether oxygens (including phenoxy) is 1. The zero-order valence-corrected chi connectivity index (χ0v) is 23.5. The molecule has 10 nitrogen and oxygen atoms in total. The summed E-state index contributed by atoms with van der Waals surface area (Å²) in [5, 5.41) is 0.721. The molecule has 0 aliphatic carbocycles. The van der Waals surface area contributed by atoms with Crippen LogP contribution in [-0.4, -0.2) is 75.1 Å². The molecule has 0 spiro atoms. The molecule has 1 amide bonds. The Bertz CT molecular complexity index is 1460. The lowest BCUT2D eigenvalue weighted by molar-refractivity contribution is -0.132. The number of anilines is 3. The first kappa shape index (κ1) is 27.0. The van der Waals surface area contributed by atoms with Crippen molar-refractivity contribution in [3.63, 3.8) is 0 Å². The highest BCUT2D eigenvalue weighted by atomic mass is 35.5. The highest BCUT2D eigenvalue weighted by Crippen LogP contribution is 2.31. The number of carbonyl (C=O) groups is 1. The molecule has 1 saturated heterocycles. The predicted octanol–water partition coefficient (Wildman–Crippen LogP) is 3.92. The lowest BCUT2D eigenvalue weighted by atomic mass is 10.00. The highest BCUT2D eigenvalue weighted by molar-refractivity contribution is 7.92. The molecule has 1 aromatic heterocycles. The Kier molecular flexibility index (Phi) is 7.81. The van der Waals surface area contributed by atoms with Gasteiger partial charge in [0, 0.05) is 58.0 Å². The zero-order valence-electron chi connectivity index (χ0n) is 21.9. The third-order valence-electron chi connectivity index (χ3n) is 7.21. The summed E-state index contributed by atoms with van der Waals surface area (Å²) < 4.78 is 33.1. The van der Waals surface area contributed by atoms with Crippen molar-refractivity contribution in [1.82, 2.24) is 14.9 Å². The number of nitrogens with zero attached hydrogens (tertiary/aromatic N) is 5. The lowest BCUT2D eigenvalue weighted by Gasteiger charge is -2.41. The van der Waals surface area contributed by atoms with Gasteiger partial charge in [-0.2, -0.15) is 0 Å². The van der Waals surface area contributed by atoms with Crippen molar-refractivity contribution in [3.05, 3.63) is 65.4 Å². The van der Waals surface area contributed by atoms with Gasteiger partial charge in [0.2, 0.25) is 11.8 Å². The van der Waals surface area contributed by atoms with Crippen molar-refractivity contribution in [3.8, 4) is 5.88 Å². The smallest absolute Gasteiger partial charge is 0.263 e. The van der Waals surface area contributed by atoms with Crippen LogP contribution in [0.5, 0.6) is 5.88 Å². The molecule has 1 N–H and O–H groups in total. The Labute approximate surface area is 236 Å². The van der Waals surface area contributed by atoms with Crippen LogP contribution < -0.4 is 19.3 Å². The second-order valence-corrected chi connectivity index (χ2v) is 11.7. The average molecular weight is 575 g/mol. The monoisotopic (exact) mass is 574 g/mol. The van der Waals surface area contributed by atoms with Crippen LogP contribution in [0, 0.1) is 0 Å². The molecule has 3 aromatic rings. The molecule has 210 valence electrons. The maximum Gasteiger partial charge on any atom is 0.263 e. The number of halogens is 1. The van der Waals surface area contributed by atoms with E-state index in [1.54, 1.807) is 24.3 Å². The van der Waals surface area contributed by atoms with E-state index < -0.39 is 10.0 Å². The molecule has 0 saturated carbocycles. The molecule has 2 aliphatic rings. The summed E-state index contributed by atoms with van der Waals surface area (Å²) in [5.41, 5.74) is 3.18. The van der Waals surface area contributed by atoms with Crippen molar-refractivity contribution in [1.29, 1.82) is 0 Å². The van der Waals surface area contributed by atoms with Crippen LogP contribution in [0.3, 0.4) is 0 Å². The summed E-state index contributed by atoms with van der Waals surface area (Å²) in [6.45, 7) is 5.34. The van der Waals surface area contributed by atoms with Crippen molar-refractivity contribution < 1.29 is 20.8 Å². The fraction of sp³-hybridized carbons (Fsp3) is 0.370. The molecule has 39 heavy (non-hydrogen) atoms. The fourth-order valence-corrected chi connectivity index (χ4v) is 6.31. The molecular formula is C27H35ClN6O4S. The minimum Gasteiger partial charge on any atom is -0.481 e. The summed E-state index contributed by atoms with van der Waals surface area (Å²) in [4.78, 5) is 27.6. The summed E-state index contributed by atoms with van der Waals surface area (Å²) in [5.74, 6) is 0.500. The molecule has 2 aliphatic heterocycles. The molecule has 5 rings (SSSR count). The van der Waals surface area contributed by atoms with Crippen LogP contribution in [0.2, 0.25) is 5.02 Å². The number of methoxy groups -OCH3 is 1. The number of hydrogen-bond donors (Lipinski definition) is 1. The van der Waals surface area contributed by atoms with Crippen molar-refractivity contribution in [2.75, 3.05) is 54.4 Å². The van der Waals surface area contributed by atoms with Gasteiger partial charge in [-0.1, -0.05) is 11.6 Å². The maximum absolute atomic E-state index is 13.4. The van der Waals surface area contributed by atoms with Gasteiger partial charge in [0.1, 0.15) is 18.2 Å². The van der Waals surface area contributed by atoms with E-state index in [1.807, 2.05) is 30.0 Å². The molecule has 1 fully saturated rings. The molecular weight excluding hydrogens is 540 g/mol. The molecule has 0 unspecified atom stereocenters. The Morgan fingerprint density at radius 2 is 1.79 bits per heavy atom. The van der Waals surface area contributed by atoms with E-state index in [1.165, 1.54) is 25.1 Å². The third kappa shape index (κ3) is 5.89. The van der Waals surface area contributed by atoms with Crippen molar-refractivity contribution in [2.45, 2.75) is 30.7 Å². The number of sulfonamides is 1. The van der Waals surface area contributed by atoms with Gasteiger partial charge < -0.3 is 19.4 Å². The molecule has 0 radical (unpaired) electrons. The highest BCUT2D eigenvalue weighted by Gasteiger charge is 2.31. The summed E-state index contributed by atoms with van der Waals surface area (Å²) in [7, 11) is -2.38. The number of aryl methyl sites for hydroxylation is 1. The molecule has 1 atom stereocenters. The number of aromatic nitrogens is 2. The van der Waals surface area contributed by atoms with E-state index in [0.717, 1.165) is 35.8 Å². The number of benzene rings is 2. The van der Waals surface area contributed by atoms with Gasteiger partial charge in [-0.05, 0) is 67.8 Å². The van der Waals surface area contributed by atoms with Crippen molar-refractivity contribution in [2.24, 2.45) is 0 Å². The number of hydrogen-bond acceptors (Lipinski definition) is 8. The number of rotatable bonds is 7. The first-order valence-electron chi connectivity index (χ1n) is 12.8. The zero-order chi connectivity index (χ0) is 27.6. The van der Waals surface area contributed by atoms with Crippen LogP contribution in [-0.2, 0) is 21.2 Å². The molecule has 0 bridgehead atoms. The Balaban J connectivity index is 0.00000231. The average Bonchev–Trinajstić information content (AvgIpc) is 2.96. The Morgan fingerprint density at radius 3 is 2.51 bits per heavy atom. The number of amides is 1. The lowest BCUT2D eigenvalue weighted by Crippen LogP contribution is -2.55. The topological polar surface area (TPSA) is 108 Å². The van der Waals surface area contributed by atoms with Gasteiger partial charge in [-0.3, -0.25) is 9.52 Å². The summed E-state index contributed by atoms with van der Waals surface area (Å²) in [6.07, 6.45) is 3.19. The summed E-state index contributed by atoms with van der Waals surface area (Å²) >= 11 is 6.19. The van der Waals surface area contributed by atoms with E-state index in [0.29, 0.717) is 26.2 Å². The summed E-state index contributed by atoms with van der Waals surface area (Å²) in [6, 6.07) is 13.7. The molecule has 12 heteroatoms. The minimum absolute atomic E-state index is 0. The predicted molar refractivity (Wildman–Crippen MR) is 155 cm³/mol. The number of carbonyl (C=O) groups excluding carboxylic acids is 1. The largest absolute Gasteiger partial charge is 0.481 e. The van der Waals surface area contributed by atoms with Gasteiger partial charge in [-0.25, -0.2) is 18.4 Å². The van der Waals surface area contributed by atoms with E-state index in [9.17, 15) is 13.2 Å². The van der Waals surface area contributed by atoms with Crippen LogP contribution in [0.4, 0.5) is 17.2 Å². The Morgan fingerprint density at radius 1 is 1.05 bits per heavy atom. The number of piperazine rings is 1. The van der Waals surface area contributed by atoms with E-state index in [2.05, 4.69) is 24.5 Å². The van der Waals surface area contributed by atoms with E-state index >= 15 is 0 Å². The second kappa shape index (κ2) is 11.3. The first-order valence-corrected chi connectivity index (χ1v) is 14.7. The third-order valence-corrected chi connectivity index (χ3v) is 8.82. The maximum atomic E-state index is 13.4. The van der Waals surface area contributed by atoms with Gasteiger partial charge in [0.25, 0.3) is 10.0 Å². The van der Waals surface area contributed by atoms with Crippen LogP contribution in [0.15, 0.2) is 59.8 Å². The van der Waals surface area contributed by atoms with Crippen LogP contribution in [0.25, 0.3) is 0 Å². The van der Waals surface area contributed by atoms with Gasteiger partial charge in [0.15, 0.2) is 0 Å². The fourth-order valence-electron chi connectivity index (χ4n) is 5.12. The quantitative estimate of drug-likeness (QED) is 0.452. The minimum atomic E-state index is -3.83. The normalized spacial score (nSPS) is 16.4. The van der Waals surface area contributed by atoms with Gasteiger partial charge >= 0.3 is 0 Å². The number of fused-ring (bicyclic) bond motifs is 1. The van der Waals surface area contributed by atoms with Crippen molar-refractivity contribution >= 4 is 44.7 Å². The Hall–Kier alpha value is -3.57. The van der Waals surface area contributed by atoms with Gasteiger partial charge in [-0.15, -0.1) is 0 Å². The molecule has 3 heterocycles. The van der Waals surface area contributed by atoms with E-state index in [4.69, 9.17) is 16.3 Å². The number of nitrogens with one attached hydrogen (secondary N) is 1. The first-order chi connectivity index (χ1) is 18.7. The van der Waals surface area contributed by atoms with Crippen LogP contribution in [0.1, 0.15) is 21.8 Å². The van der Waals surface area contributed by atoms with Gasteiger partial charge in [0.05, 0.1) is 12.0 Å². The molecule has 2 aromatic carbocycles.